The van der Waals surface area contributed by atoms with Gasteiger partial charge in [-0.1, -0.05) is 12.1 Å². The van der Waals surface area contributed by atoms with E-state index in [-0.39, 0.29) is 5.91 Å². The summed E-state index contributed by atoms with van der Waals surface area (Å²) in [4.78, 5) is 16.0. The van der Waals surface area contributed by atoms with Crippen LogP contribution in [0.2, 0.25) is 0 Å². The summed E-state index contributed by atoms with van der Waals surface area (Å²) in [7, 11) is 0. The molecule has 0 aliphatic heterocycles. The van der Waals surface area contributed by atoms with E-state index in [1.54, 1.807) is 19.4 Å². The van der Waals surface area contributed by atoms with Crippen LogP contribution < -0.4 is 10.1 Å². The number of amides is 1. The highest BCUT2D eigenvalue weighted by molar-refractivity contribution is 5.80. The molecule has 0 aliphatic rings. The normalized spacial score (nSPS) is 12.0. The van der Waals surface area contributed by atoms with Crippen molar-refractivity contribution in [3.63, 3.8) is 0 Å². The smallest absolute Gasteiger partial charge is 0.260 e. The Hall–Kier alpha value is -2.30. The van der Waals surface area contributed by atoms with Crippen LogP contribution in [0, 0.1) is 13.8 Å². The summed E-state index contributed by atoms with van der Waals surface area (Å²) >= 11 is 0. The largest absolute Gasteiger partial charge is 0.481 e. The number of rotatable bonds is 6. The quantitative estimate of drug-likeness (QED) is 0.885. The molecule has 0 saturated heterocycles. The minimum Gasteiger partial charge on any atom is -0.481 e. The molecule has 1 aromatic heterocycles. The van der Waals surface area contributed by atoms with Gasteiger partial charge in [-0.15, -0.1) is 0 Å². The van der Waals surface area contributed by atoms with E-state index in [2.05, 4.69) is 10.3 Å². The topological polar surface area (TPSA) is 56.1 Å². The summed E-state index contributed by atoms with van der Waals surface area (Å²) in [5.41, 5.74) is 2.22. The van der Waals surface area contributed by atoms with Gasteiger partial charge in [0.2, 0.25) is 0 Å². The van der Waals surface area contributed by atoms with Crippen LogP contribution in [0.25, 0.3) is 0 Å². The van der Waals surface area contributed by atoms with Gasteiger partial charge in [0, 0.05) is 25.5 Å². The number of hydrogen-bond donors (Lipinski definition) is 1. The van der Waals surface area contributed by atoms with Crippen LogP contribution in [0.5, 0.6) is 5.75 Å². The maximum Gasteiger partial charge on any atom is 0.260 e. The molecule has 21 heavy (non-hydrogen) atoms. The van der Waals surface area contributed by atoms with Crippen molar-refractivity contribution in [1.82, 2.24) is 14.9 Å². The van der Waals surface area contributed by atoms with E-state index in [0.29, 0.717) is 13.1 Å². The van der Waals surface area contributed by atoms with Crippen molar-refractivity contribution in [3.05, 3.63) is 48.0 Å². The van der Waals surface area contributed by atoms with Crippen LogP contribution in [0.3, 0.4) is 0 Å². The minimum absolute atomic E-state index is 0.115. The summed E-state index contributed by atoms with van der Waals surface area (Å²) in [5.74, 6) is 0.642. The van der Waals surface area contributed by atoms with Crippen molar-refractivity contribution in [1.29, 1.82) is 0 Å². The lowest BCUT2D eigenvalue weighted by atomic mass is 10.1. The number of aromatic nitrogens is 2. The fourth-order valence-electron chi connectivity index (χ4n) is 1.97. The van der Waals surface area contributed by atoms with Gasteiger partial charge in [-0.25, -0.2) is 4.98 Å². The number of carbonyl (C=O) groups excluding carboxylic acids is 1. The molecule has 1 unspecified atom stereocenters. The van der Waals surface area contributed by atoms with Gasteiger partial charge in [-0.2, -0.15) is 0 Å². The second kappa shape index (κ2) is 6.92. The minimum atomic E-state index is -0.520. The summed E-state index contributed by atoms with van der Waals surface area (Å²) < 4.78 is 7.66. The van der Waals surface area contributed by atoms with Crippen molar-refractivity contribution in [2.75, 3.05) is 6.54 Å². The molecule has 5 nitrogen and oxygen atoms in total. The zero-order valence-electron chi connectivity index (χ0n) is 12.7. The zero-order valence-corrected chi connectivity index (χ0v) is 12.7. The molecule has 0 saturated carbocycles. The molecule has 1 amide bonds. The van der Waals surface area contributed by atoms with E-state index in [9.17, 15) is 4.79 Å². The summed E-state index contributed by atoms with van der Waals surface area (Å²) in [6.07, 6.45) is 4.78. The number of carbonyl (C=O) groups is 1. The Morgan fingerprint density at radius 2 is 2.24 bits per heavy atom. The molecule has 0 aliphatic carbocycles. The maximum atomic E-state index is 12.0. The van der Waals surface area contributed by atoms with E-state index in [1.165, 1.54) is 0 Å². The van der Waals surface area contributed by atoms with E-state index >= 15 is 0 Å². The Bertz CT molecular complexity index is 594. The number of aryl methyl sites for hydroxylation is 1. The van der Waals surface area contributed by atoms with Gasteiger partial charge in [-0.05, 0) is 38.0 Å². The highest BCUT2D eigenvalue weighted by atomic mass is 16.5. The van der Waals surface area contributed by atoms with Crippen molar-refractivity contribution in [3.8, 4) is 5.75 Å². The Morgan fingerprint density at radius 3 is 2.95 bits per heavy atom. The van der Waals surface area contributed by atoms with Crippen molar-refractivity contribution in [2.45, 2.75) is 33.4 Å². The van der Waals surface area contributed by atoms with Crippen LogP contribution in [0.1, 0.15) is 18.1 Å². The molecular weight excluding hydrogens is 266 g/mol. The highest BCUT2D eigenvalue weighted by Gasteiger charge is 2.15. The molecule has 1 N–H and O–H groups in total. The van der Waals surface area contributed by atoms with Crippen molar-refractivity contribution < 1.29 is 9.53 Å². The fraction of sp³-hybridized carbons (Fsp3) is 0.375. The van der Waals surface area contributed by atoms with Gasteiger partial charge < -0.3 is 14.6 Å². The summed E-state index contributed by atoms with van der Waals surface area (Å²) in [6, 6.07) is 5.84. The third-order valence-electron chi connectivity index (χ3n) is 3.46. The average molecular weight is 287 g/mol. The Balaban J connectivity index is 1.83. The Kier molecular flexibility index (Phi) is 4.98. The number of ether oxygens (including phenoxy) is 1. The third-order valence-corrected chi connectivity index (χ3v) is 3.46. The monoisotopic (exact) mass is 287 g/mol. The first-order chi connectivity index (χ1) is 10.1. The lowest BCUT2D eigenvalue weighted by Gasteiger charge is -2.17. The highest BCUT2D eigenvalue weighted by Crippen LogP contribution is 2.21. The van der Waals surface area contributed by atoms with E-state index < -0.39 is 6.10 Å². The maximum absolute atomic E-state index is 12.0. The average Bonchev–Trinajstić information content (AvgIpc) is 2.97. The molecule has 0 spiro atoms. The van der Waals surface area contributed by atoms with Gasteiger partial charge in [0.05, 0.1) is 6.33 Å². The number of benzene rings is 1. The molecule has 1 heterocycles. The van der Waals surface area contributed by atoms with Crippen molar-refractivity contribution in [2.24, 2.45) is 0 Å². The molecule has 1 atom stereocenters. The van der Waals surface area contributed by atoms with E-state index in [0.717, 1.165) is 16.9 Å². The molecule has 2 rings (SSSR count). The standard InChI is InChI=1S/C16H21N3O2/c1-12-5-4-6-15(13(12)2)21-14(3)16(20)18-8-10-19-9-7-17-11-19/h4-7,9,11,14H,8,10H2,1-3H3,(H,18,20). The van der Waals surface area contributed by atoms with Crippen LogP contribution >= 0.6 is 0 Å². The lowest BCUT2D eigenvalue weighted by molar-refractivity contribution is -0.127. The van der Waals surface area contributed by atoms with Crippen LogP contribution in [-0.2, 0) is 11.3 Å². The first kappa shape index (κ1) is 15.1. The van der Waals surface area contributed by atoms with E-state index in [4.69, 9.17) is 4.74 Å². The third kappa shape index (κ3) is 4.08. The Labute approximate surface area is 125 Å². The Morgan fingerprint density at radius 1 is 1.43 bits per heavy atom. The van der Waals surface area contributed by atoms with Gasteiger partial charge in [-0.3, -0.25) is 4.79 Å². The molecule has 0 bridgehead atoms. The van der Waals surface area contributed by atoms with Gasteiger partial charge in [0.15, 0.2) is 6.10 Å². The summed E-state index contributed by atoms with van der Waals surface area (Å²) in [6.45, 7) is 7.03. The number of nitrogens with zero attached hydrogens (tertiary/aromatic N) is 2. The fourth-order valence-corrected chi connectivity index (χ4v) is 1.97. The SMILES string of the molecule is Cc1cccc(OC(C)C(=O)NCCn2ccnc2)c1C. The van der Waals surface area contributed by atoms with Gasteiger partial charge >= 0.3 is 0 Å². The van der Waals surface area contributed by atoms with Crippen LogP contribution in [0.15, 0.2) is 36.9 Å². The van der Waals surface area contributed by atoms with Crippen molar-refractivity contribution >= 4 is 5.91 Å². The molecule has 0 fully saturated rings. The van der Waals surface area contributed by atoms with Gasteiger partial charge in [0.25, 0.3) is 5.91 Å². The molecule has 0 radical (unpaired) electrons. The second-order valence-corrected chi connectivity index (χ2v) is 5.05. The number of imidazole rings is 1. The molecule has 2 aromatic rings. The second-order valence-electron chi connectivity index (χ2n) is 5.05. The predicted molar refractivity (Wildman–Crippen MR) is 81.2 cm³/mol. The van der Waals surface area contributed by atoms with Gasteiger partial charge in [0.1, 0.15) is 5.75 Å². The molecule has 1 aromatic carbocycles. The lowest BCUT2D eigenvalue weighted by Crippen LogP contribution is -2.38. The predicted octanol–water partition coefficient (Wildman–Crippen LogP) is 2.08. The first-order valence-electron chi connectivity index (χ1n) is 7.04. The van der Waals surface area contributed by atoms with E-state index in [1.807, 2.05) is 42.8 Å². The molecular formula is C16H21N3O2. The number of nitrogens with one attached hydrogen (secondary N) is 1. The van der Waals surface area contributed by atoms with Crippen LogP contribution in [0.4, 0.5) is 0 Å². The molecule has 5 heteroatoms. The van der Waals surface area contributed by atoms with Crippen LogP contribution in [-0.4, -0.2) is 28.1 Å². The first-order valence-corrected chi connectivity index (χ1v) is 7.04. The molecule has 112 valence electrons. The summed E-state index contributed by atoms with van der Waals surface area (Å²) in [5, 5.41) is 2.86. The zero-order chi connectivity index (χ0) is 15.2. The number of hydrogen-bond acceptors (Lipinski definition) is 3.